The van der Waals surface area contributed by atoms with E-state index in [4.69, 9.17) is 16.3 Å². The lowest BCUT2D eigenvalue weighted by molar-refractivity contribution is 0.119. The SMILES string of the molecule is CN(C)CCOCCNCc1cccc(Cl)c1. The van der Waals surface area contributed by atoms with E-state index in [9.17, 15) is 0 Å². The van der Waals surface area contributed by atoms with E-state index in [0.29, 0.717) is 0 Å². The standard InChI is InChI=1S/C13H21ClN2O/c1-16(2)7-9-17-8-6-15-11-12-4-3-5-13(14)10-12/h3-5,10,15H,6-9,11H2,1-2H3. The topological polar surface area (TPSA) is 24.5 Å². The lowest BCUT2D eigenvalue weighted by Crippen LogP contribution is -2.23. The number of ether oxygens (including phenoxy) is 1. The average molecular weight is 257 g/mol. The van der Waals surface area contributed by atoms with Crippen molar-refractivity contribution in [2.75, 3.05) is 40.4 Å². The molecule has 0 atom stereocenters. The third-order valence-corrected chi connectivity index (χ3v) is 2.56. The smallest absolute Gasteiger partial charge is 0.0593 e. The van der Waals surface area contributed by atoms with Crippen molar-refractivity contribution in [3.05, 3.63) is 34.9 Å². The third kappa shape index (κ3) is 7.34. The molecule has 0 fully saturated rings. The lowest BCUT2D eigenvalue weighted by atomic mass is 10.2. The van der Waals surface area contributed by atoms with Crippen LogP contribution >= 0.6 is 11.6 Å². The number of nitrogens with one attached hydrogen (secondary N) is 1. The van der Waals surface area contributed by atoms with Gasteiger partial charge in [0.2, 0.25) is 0 Å². The van der Waals surface area contributed by atoms with Crippen LogP contribution in [-0.4, -0.2) is 45.3 Å². The third-order valence-electron chi connectivity index (χ3n) is 2.32. The normalized spacial score (nSPS) is 11.1. The van der Waals surface area contributed by atoms with E-state index in [1.54, 1.807) is 0 Å². The van der Waals surface area contributed by atoms with Gasteiger partial charge in [-0.2, -0.15) is 0 Å². The van der Waals surface area contributed by atoms with Gasteiger partial charge in [-0.15, -0.1) is 0 Å². The summed E-state index contributed by atoms with van der Waals surface area (Å²) in [5.74, 6) is 0. The second-order valence-electron chi connectivity index (χ2n) is 4.22. The van der Waals surface area contributed by atoms with Gasteiger partial charge in [-0.3, -0.25) is 0 Å². The lowest BCUT2D eigenvalue weighted by Gasteiger charge is -2.10. The van der Waals surface area contributed by atoms with Gasteiger partial charge >= 0.3 is 0 Å². The highest BCUT2D eigenvalue weighted by molar-refractivity contribution is 6.30. The van der Waals surface area contributed by atoms with Crippen LogP contribution < -0.4 is 5.32 Å². The fraction of sp³-hybridized carbons (Fsp3) is 0.538. The minimum Gasteiger partial charge on any atom is -0.379 e. The molecular formula is C13H21ClN2O. The molecule has 0 aliphatic heterocycles. The fourth-order valence-electron chi connectivity index (χ4n) is 1.37. The Morgan fingerprint density at radius 1 is 1.29 bits per heavy atom. The van der Waals surface area contributed by atoms with Crippen molar-refractivity contribution >= 4 is 11.6 Å². The largest absolute Gasteiger partial charge is 0.379 e. The minimum atomic E-state index is 0.744. The highest BCUT2D eigenvalue weighted by atomic mass is 35.5. The molecule has 0 radical (unpaired) electrons. The molecule has 4 heteroatoms. The highest BCUT2D eigenvalue weighted by Gasteiger charge is 1.94. The van der Waals surface area contributed by atoms with Crippen LogP contribution in [-0.2, 0) is 11.3 Å². The molecule has 0 aromatic heterocycles. The first-order valence-corrected chi connectivity index (χ1v) is 6.24. The van der Waals surface area contributed by atoms with Crippen LogP contribution in [0.5, 0.6) is 0 Å². The predicted octanol–water partition coefficient (Wildman–Crippen LogP) is 2.01. The summed E-state index contributed by atoms with van der Waals surface area (Å²) >= 11 is 5.90. The van der Waals surface area contributed by atoms with Gasteiger partial charge < -0.3 is 15.0 Å². The second kappa shape index (κ2) is 8.48. The van der Waals surface area contributed by atoms with Crippen molar-refractivity contribution in [1.29, 1.82) is 0 Å². The van der Waals surface area contributed by atoms with Crippen LogP contribution in [0, 0.1) is 0 Å². The number of likely N-dealkylation sites (N-methyl/N-ethyl adjacent to an activating group) is 1. The zero-order valence-corrected chi connectivity index (χ0v) is 11.3. The second-order valence-corrected chi connectivity index (χ2v) is 4.66. The molecule has 96 valence electrons. The number of benzene rings is 1. The Labute approximate surface area is 109 Å². The van der Waals surface area contributed by atoms with Gasteiger partial charge in [-0.25, -0.2) is 0 Å². The number of hydrogen-bond acceptors (Lipinski definition) is 3. The van der Waals surface area contributed by atoms with E-state index in [1.807, 2.05) is 32.3 Å². The predicted molar refractivity (Wildman–Crippen MR) is 72.5 cm³/mol. The molecule has 0 aliphatic rings. The molecule has 1 aromatic rings. The van der Waals surface area contributed by atoms with E-state index < -0.39 is 0 Å². The maximum absolute atomic E-state index is 5.90. The number of halogens is 1. The summed E-state index contributed by atoms with van der Waals surface area (Å²) in [5, 5.41) is 4.10. The molecule has 0 saturated heterocycles. The first-order chi connectivity index (χ1) is 8.18. The molecule has 0 spiro atoms. The molecular weight excluding hydrogens is 236 g/mol. The van der Waals surface area contributed by atoms with Crippen LogP contribution in [0.3, 0.4) is 0 Å². The highest BCUT2D eigenvalue weighted by Crippen LogP contribution is 2.09. The molecule has 0 unspecified atom stereocenters. The van der Waals surface area contributed by atoms with Crippen LogP contribution in [0.25, 0.3) is 0 Å². The van der Waals surface area contributed by atoms with Crippen molar-refractivity contribution in [3.63, 3.8) is 0 Å². The van der Waals surface area contributed by atoms with Gasteiger partial charge in [-0.05, 0) is 31.8 Å². The van der Waals surface area contributed by atoms with E-state index in [-0.39, 0.29) is 0 Å². The Hall–Kier alpha value is -0.610. The summed E-state index contributed by atoms with van der Waals surface area (Å²) in [6, 6.07) is 7.88. The summed E-state index contributed by atoms with van der Waals surface area (Å²) < 4.78 is 5.48. The number of rotatable bonds is 8. The molecule has 0 bridgehead atoms. The van der Waals surface area contributed by atoms with E-state index in [2.05, 4.69) is 16.3 Å². The van der Waals surface area contributed by atoms with Crippen LogP contribution in [0.1, 0.15) is 5.56 Å². The van der Waals surface area contributed by atoms with E-state index in [0.717, 1.165) is 37.9 Å². The summed E-state index contributed by atoms with van der Waals surface area (Å²) in [6.45, 7) is 4.19. The Kier molecular flexibility index (Phi) is 7.21. The van der Waals surface area contributed by atoms with Crippen molar-refractivity contribution < 1.29 is 4.74 Å². The van der Waals surface area contributed by atoms with Gasteiger partial charge in [0.1, 0.15) is 0 Å². The molecule has 1 rings (SSSR count). The molecule has 17 heavy (non-hydrogen) atoms. The Bertz CT molecular complexity index is 318. The minimum absolute atomic E-state index is 0.744. The summed E-state index contributed by atoms with van der Waals surface area (Å²) in [5.41, 5.74) is 1.20. The summed E-state index contributed by atoms with van der Waals surface area (Å²) in [7, 11) is 4.08. The molecule has 1 aromatic carbocycles. The maximum Gasteiger partial charge on any atom is 0.0593 e. The van der Waals surface area contributed by atoms with Gasteiger partial charge in [0.15, 0.2) is 0 Å². The zero-order chi connectivity index (χ0) is 12.5. The van der Waals surface area contributed by atoms with Gasteiger partial charge in [0.25, 0.3) is 0 Å². The van der Waals surface area contributed by atoms with Gasteiger partial charge in [-0.1, -0.05) is 23.7 Å². The zero-order valence-electron chi connectivity index (χ0n) is 10.6. The Morgan fingerprint density at radius 2 is 2.12 bits per heavy atom. The Morgan fingerprint density at radius 3 is 2.82 bits per heavy atom. The van der Waals surface area contributed by atoms with Crippen LogP contribution in [0.15, 0.2) is 24.3 Å². The summed E-state index contributed by atoms with van der Waals surface area (Å²) in [4.78, 5) is 2.11. The van der Waals surface area contributed by atoms with Gasteiger partial charge in [0.05, 0.1) is 13.2 Å². The van der Waals surface area contributed by atoms with Crippen molar-refractivity contribution in [3.8, 4) is 0 Å². The van der Waals surface area contributed by atoms with Crippen molar-refractivity contribution in [2.45, 2.75) is 6.54 Å². The molecule has 1 N–H and O–H groups in total. The van der Waals surface area contributed by atoms with Crippen LogP contribution in [0.4, 0.5) is 0 Å². The van der Waals surface area contributed by atoms with Crippen molar-refractivity contribution in [1.82, 2.24) is 10.2 Å². The maximum atomic E-state index is 5.90. The Balaban J connectivity index is 2.01. The molecule has 0 saturated carbocycles. The summed E-state index contributed by atoms with van der Waals surface area (Å²) in [6.07, 6.45) is 0. The first-order valence-electron chi connectivity index (χ1n) is 5.86. The van der Waals surface area contributed by atoms with Gasteiger partial charge in [0, 0.05) is 24.7 Å². The fourth-order valence-corrected chi connectivity index (χ4v) is 1.59. The van der Waals surface area contributed by atoms with E-state index >= 15 is 0 Å². The molecule has 3 nitrogen and oxygen atoms in total. The molecule has 0 heterocycles. The first kappa shape index (κ1) is 14.5. The number of hydrogen-bond donors (Lipinski definition) is 1. The average Bonchev–Trinajstić information content (AvgIpc) is 2.27. The van der Waals surface area contributed by atoms with Crippen LogP contribution in [0.2, 0.25) is 5.02 Å². The molecule has 0 aliphatic carbocycles. The molecule has 0 amide bonds. The van der Waals surface area contributed by atoms with Crippen molar-refractivity contribution in [2.24, 2.45) is 0 Å². The monoisotopic (exact) mass is 256 g/mol. The number of nitrogens with zero attached hydrogens (tertiary/aromatic N) is 1. The van der Waals surface area contributed by atoms with E-state index in [1.165, 1.54) is 5.56 Å². The quantitative estimate of drug-likeness (QED) is 0.720.